The number of aromatic nitrogens is 1. The van der Waals surface area contributed by atoms with E-state index in [4.69, 9.17) is 16.3 Å². The van der Waals surface area contributed by atoms with Gasteiger partial charge in [-0.1, -0.05) is 42.0 Å². The molecular weight excluding hydrogens is 388 g/mol. The molecule has 2 bridgehead atoms. The summed E-state index contributed by atoms with van der Waals surface area (Å²) in [6, 6.07) is 10.2. The van der Waals surface area contributed by atoms with E-state index in [0.29, 0.717) is 16.3 Å². The molecule has 1 amide bonds. The standard InChI is InChI=1S/C19H15ClN2O4S/c1-26-19(23)22-14-8-9-15(22)18(17(14)12-7-10-16(20)21-11-12)27(24,25)13-5-3-2-4-6-13/h2-11,14-15H,1H3. The van der Waals surface area contributed by atoms with E-state index in [2.05, 4.69) is 4.98 Å². The SMILES string of the molecule is COC(=O)N1C2C=CC1C(S(=O)(=O)c1ccccc1)=C2c1ccc(Cl)nc1. The third-order valence-corrected chi connectivity index (χ3v) is 6.83. The first-order valence-electron chi connectivity index (χ1n) is 8.16. The maximum Gasteiger partial charge on any atom is 0.411 e. The van der Waals surface area contributed by atoms with Gasteiger partial charge in [0.05, 0.1) is 29.0 Å². The monoisotopic (exact) mass is 402 g/mol. The van der Waals surface area contributed by atoms with E-state index in [1.54, 1.807) is 42.5 Å². The van der Waals surface area contributed by atoms with Crippen molar-refractivity contribution in [3.05, 3.63) is 76.4 Å². The molecule has 4 rings (SSSR count). The predicted molar refractivity (Wildman–Crippen MR) is 101 cm³/mol. The number of sulfone groups is 1. The van der Waals surface area contributed by atoms with E-state index < -0.39 is 28.0 Å². The van der Waals surface area contributed by atoms with Crippen LogP contribution in [0, 0.1) is 0 Å². The molecule has 2 aromatic rings. The number of rotatable bonds is 3. The van der Waals surface area contributed by atoms with Crippen molar-refractivity contribution in [2.24, 2.45) is 0 Å². The van der Waals surface area contributed by atoms with E-state index in [0.717, 1.165) is 0 Å². The molecule has 1 aromatic carbocycles. The lowest BCUT2D eigenvalue weighted by atomic mass is 9.99. The number of fused-ring (bicyclic) bond motifs is 2. The number of pyridine rings is 1. The van der Waals surface area contributed by atoms with Crippen LogP contribution in [0.15, 0.2) is 70.6 Å². The van der Waals surface area contributed by atoms with E-state index in [9.17, 15) is 13.2 Å². The normalized spacial score (nSPS) is 21.0. The molecule has 0 fully saturated rings. The van der Waals surface area contributed by atoms with E-state index in [-0.39, 0.29) is 9.80 Å². The average Bonchev–Trinajstić information content (AvgIpc) is 3.25. The maximum absolute atomic E-state index is 13.4. The van der Waals surface area contributed by atoms with Crippen LogP contribution in [0.5, 0.6) is 0 Å². The Bertz CT molecular complexity index is 1060. The average molecular weight is 403 g/mol. The van der Waals surface area contributed by atoms with Crippen LogP contribution in [-0.2, 0) is 14.6 Å². The van der Waals surface area contributed by atoms with Crippen molar-refractivity contribution in [2.45, 2.75) is 17.0 Å². The zero-order valence-corrected chi connectivity index (χ0v) is 15.8. The molecule has 2 aliphatic heterocycles. The first-order valence-corrected chi connectivity index (χ1v) is 10.0. The summed E-state index contributed by atoms with van der Waals surface area (Å²) in [4.78, 5) is 18.1. The summed E-state index contributed by atoms with van der Waals surface area (Å²) in [5, 5.41) is 0.301. The minimum Gasteiger partial charge on any atom is -0.453 e. The first kappa shape index (κ1) is 17.8. The topological polar surface area (TPSA) is 76.6 Å². The zero-order chi connectivity index (χ0) is 19.2. The zero-order valence-electron chi connectivity index (χ0n) is 14.2. The van der Waals surface area contributed by atoms with Crippen molar-refractivity contribution in [3.63, 3.8) is 0 Å². The van der Waals surface area contributed by atoms with Gasteiger partial charge in [0.15, 0.2) is 0 Å². The van der Waals surface area contributed by atoms with E-state index >= 15 is 0 Å². The Morgan fingerprint density at radius 3 is 2.44 bits per heavy atom. The molecule has 8 heteroatoms. The smallest absolute Gasteiger partial charge is 0.411 e. The molecule has 3 heterocycles. The van der Waals surface area contributed by atoms with Gasteiger partial charge >= 0.3 is 6.09 Å². The van der Waals surface area contributed by atoms with Crippen LogP contribution in [0.4, 0.5) is 4.79 Å². The van der Waals surface area contributed by atoms with Gasteiger partial charge in [0.2, 0.25) is 9.84 Å². The Morgan fingerprint density at radius 2 is 1.81 bits per heavy atom. The maximum atomic E-state index is 13.4. The van der Waals surface area contributed by atoms with Crippen molar-refractivity contribution in [2.75, 3.05) is 7.11 Å². The second-order valence-corrected chi connectivity index (χ2v) is 8.42. The van der Waals surface area contributed by atoms with Gasteiger partial charge in [-0.2, -0.15) is 0 Å². The van der Waals surface area contributed by atoms with Crippen LogP contribution in [0.25, 0.3) is 5.57 Å². The summed E-state index contributed by atoms with van der Waals surface area (Å²) in [6.45, 7) is 0. The molecule has 0 saturated heterocycles. The summed E-state index contributed by atoms with van der Waals surface area (Å²) in [6.07, 6.45) is 4.44. The molecule has 0 N–H and O–H groups in total. The number of benzene rings is 1. The number of methoxy groups -OCH3 is 1. The van der Waals surface area contributed by atoms with Gasteiger partial charge in [-0.05, 0) is 29.8 Å². The molecule has 0 spiro atoms. The van der Waals surface area contributed by atoms with E-state index in [1.807, 2.05) is 0 Å². The molecule has 6 nitrogen and oxygen atoms in total. The van der Waals surface area contributed by atoms with Crippen molar-refractivity contribution in [3.8, 4) is 0 Å². The molecule has 2 unspecified atom stereocenters. The van der Waals surface area contributed by atoms with Crippen molar-refractivity contribution in [1.82, 2.24) is 9.88 Å². The highest BCUT2D eigenvalue weighted by atomic mass is 35.5. The summed E-state index contributed by atoms with van der Waals surface area (Å²) >= 11 is 5.88. The second-order valence-electron chi connectivity index (χ2n) is 6.12. The molecule has 0 radical (unpaired) electrons. The van der Waals surface area contributed by atoms with E-state index in [1.165, 1.54) is 30.3 Å². The summed E-state index contributed by atoms with van der Waals surface area (Å²) < 4.78 is 31.7. The lowest BCUT2D eigenvalue weighted by Crippen LogP contribution is -2.38. The van der Waals surface area contributed by atoms with Crippen LogP contribution < -0.4 is 0 Å². The lowest BCUT2D eigenvalue weighted by Gasteiger charge is -2.22. The molecule has 0 saturated carbocycles. The third-order valence-electron chi connectivity index (χ3n) is 4.67. The molecule has 2 aliphatic rings. The Morgan fingerprint density at radius 1 is 1.11 bits per heavy atom. The summed E-state index contributed by atoms with van der Waals surface area (Å²) in [7, 11) is -2.56. The number of halogens is 1. The highest BCUT2D eigenvalue weighted by Crippen LogP contribution is 2.46. The van der Waals surface area contributed by atoms with Gasteiger partial charge in [0.1, 0.15) is 5.15 Å². The molecule has 1 aromatic heterocycles. The highest BCUT2D eigenvalue weighted by Gasteiger charge is 2.50. The number of carbonyl (C=O) groups excluding carboxylic acids is 1. The molecular formula is C19H15ClN2O4S. The van der Waals surface area contributed by atoms with Gasteiger partial charge in [-0.25, -0.2) is 18.2 Å². The van der Waals surface area contributed by atoms with Crippen LogP contribution in [0.3, 0.4) is 0 Å². The van der Waals surface area contributed by atoms with Gasteiger partial charge < -0.3 is 4.74 Å². The number of ether oxygens (including phenoxy) is 1. The van der Waals surface area contributed by atoms with Gasteiger partial charge in [-0.15, -0.1) is 0 Å². The third kappa shape index (κ3) is 2.74. The number of hydrogen-bond donors (Lipinski definition) is 0. The first-order chi connectivity index (χ1) is 12.9. The van der Waals surface area contributed by atoms with Gasteiger partial charge in [0, 0.05) is 11.8 Å². The number of amides is 1. The Labute approximate surface area is 161 Å². The number of carbonyl (C=O) groups is 1. The largest absolute Gasteiger partial charge is 0.453 e. The Kier molecular flexibility index (Phi) is 4.28. The minimum absolute atomic E-state index is 0.163. The molecule has 138 valence electrons. The van der Waals surface area contributed by atoms with Crippen molar-refractivity contribution < 1.29 is 17.9 Å². The van der Waals surface area contributed by atoms with Gasteiger partial charge in [-0.3, -0.25) is 4.90 Å². The second kappa shape index (κ2) is 6.51. The Hall–Kier alpha value is -2.64. The fourth-order valence-corrected chi connectivity index (χ4v) is 5.45. The van der Waals surface area contributed by atoms with Crippen molar-refractivity contribution >= 4 is 33.1 Å². The van der Waals surface area contributed by atoms with Crippen molar-refractivity contribution in [1.29, 1.82) is 0 Å². The fourth-order valence-electron chi connectivity index (χ4n) is 3.53. The van der Waals surface area contributed by atoms with Crippen LogP contribution in [0.1, 0.15) is 5.56 Å². The van der Waals surface area contributed by atoms with Crippen LogP contribution >= 0.6 is 11.6 Å². The van der Waals surface area contributed by atoms with Crippen LogP contribution in [0.2, 0.25) is 5.15 Å². The highest BCUT2D eigenvalue weighted by molar-refractivity contribution is 7.95. The molecule has 2 atom stereocenters. The number of hydrogen-bond acceptors (Lipinski definition) is 5. The summed E-state index contributed by atoms with van der Waals surface area (Å²) in [5.74, 6) is 0. The summed E-state index contributed by atoms with van der Waals surface area (Å²) in [5.41, 5.74) is 1.11. The quantitative estimate of drug-likeness (QED) is 0.581. The fraction of sp³-hybridized carbons (Fsp3) is 0.158. The minimum atomic E-state index is -3.83. The predicted octanol–water partition coefficient (Wildman–Crippen LogP) is 3.31. The lowest BCUT2D eigenvalue weighted by molar-refractivity contribution is 0.124. The molecule has 0 aliphatic carbocycles. The van der Waals surface area contributed by atoms with Crippen LogP contribution in [-0.4, -0.2) is 43.6 Å². The van der Waals surface area contributed by atoms with Gasteiger partial charge in [0.25, 0.3) is 0 Å². The molecule has 27 heavy (non-hydrogen) atoms. The number of nitrogens with zero attached hydrogens (tertiary/aromatic N) is 2. The Balaban J connectivity index is 1.93.